The summed E-state index contributed by atoms with van der Waals surface area (Å²) in [6, 6.07) is 12.4. The first-order valence-electron chi connectivity index (χ1n) is 8.38. The van der Waals surface area contributed by atoms with Crippen molar-refractivity contribution < 1.29 is 9.53 Å². The average molecular weight is 362 g/mol. The monoisotopic (exact) mass is 362 g/mol. The molecule has 27 heavy (non-hydrogen) atoms. The number of methoxy groups -OCH3 is 1. The van der Waals surface area contributed by atoms with Gasteiger partial charge in [0.15, 0.2) is 5.82 Å². The molecule has 0 radical (unpaired) electrons. The van der Waals surface area contributed by atoms with Crippen LogP contribution in [-0.4, -0.2) is 32.8 Å². The summed E-state index contributed by atoms with van der Waals surface area (Å²) in [4.78, 5) is 21.1. The van der Waals surface area contributed by atoms with E-state index < -0.39 is 11.9 Å². The van der Waals surface area contributed by atoms with E-state index in [-0.39, 0.29) is 0 Å². The first-order chi connectivity index (χ1) is 13.1. The Hall–Kier alpha value is -3.68. The fraction of sp³-hybridized carbons (Fsp3) is 0.158. The normalized spacial score (nSPS) is 15.9. The summed E-state index contributed by atoms with van der Waals surface area (Å²) in [5, 5.41) is 7.75. The number of rotatable bonds is 4. The van der Waals surface area contributed by atoms with Crippen LogP contribution < -0.4 is 15.8 Å². The van der Waals surface area contributed by atoms with E-state index in [2.05, 4.69) is 20.4 Å². The lowest BCUT2D eigenvalue weighted by atomic mass is 9.99. The molecule has 1 aliphatic heterocycles. The van der Waals surface area contributed by atoms with Crippen LogP contribution >= 0.6 is 0 Å². The van der Waals surface area contributed by atoms with Gasteiger partial charge < -0.3 is 15.8 Å². The highest BCUT2D eigenvalue weighted by atomic mass is 16.5. The Morgan fingerprint density at radius 2 is 2.00 bits per heavy atom. The molecule has 8 nitrogen and oxygen atoms in total. The van der Waals surface area contributed by atoms with Gasteiger partial charge in [0.25, 0.3) is 0 Å². The molecule has 0 saturated heterocycles. The number of benzene rings is 1. The zero-order chi connectivity index (χ0) is 19.0. The number of carbonyl (C=O) groups excluding carboxylic acids is 1. The molecule has 2 aromatic heterocycles. The number of hydrogen-bond acceptors (Lipinski definition) is 6. The van der Waals surface area contributed by atoms with Crippen LogP contribution in [0, 0.1) is 0 Å². The number of amides is 1. The second kappa shape index (κ2) is 6.56. The van der Waals surface area contributed by atoms with Crippen LogP contribution in [0.2, 0.25) is 0 Å². The number of nitrogens with two attached hydrogens (primary N) is 1. The summed E-state index contributed by atoms with van der Waals surface area (Å²) < 4.78 is 7.05. The fourth-order valence-corrected chi connectivity index (χ4v) is 3.22. The topological polar surface area (TPSA) is 108 Å². The van der Waals surface area contributed by atoms with Gasteiger partial charge in [0.1, 0.15) is 11.8 Å². The van der Waals surface area contributed by atoms with Gasteiger partial charge in [0.2, 0.25) is 11.9 Å². The van der Waals surface area contributed by atoms with Crippen molar-refractivity contribution >= 4 is 11.9 Å². The number of allylic oxidation sites excluding steroid dienone is 1. The molecule has 0 saturated carbocycles. The van der Waals surface area contributed by atoms with Gasteiger partial charge in [0, 0.05) is 11.9 Å². The molecule has 0 spiro atoms. The van der Waals surface area contributed by atoms with Gasteiger partial charge in [-0.1, -0.05) is 18.2 Å². The van der Waals surface area contributed by atoms with E-state index in [0.29, 0.717) is 34.5 Å². The molecule has 3 heterocycles. The van der Waals surface area contributed by atoms with Gasteiger partial charge >= 0.3 is 0 Å². The third kappa shape index (κ3) is 2.80. The molecular formula is C19H18N6O2. The fourth-order valence-electron chi connectivity index (χ4n) is 3.22. The molecule has 8 heteroatoms. The number of para-hydroxylation sites is 1. The summed E-state index contributed by atoms with van der Waals surface area (Å²) in [6.45, 7) is 1.79. The highest BCUT2D eigenvalue weighted by molar-refractivity contribution is 5.95. The van der Waals surface area contributed by atoms with E-state index in [0.717, 1.165) is 5.56 Å². The number of pyridine rings is 1. The smallest absolute Gasteiger partial charge is 0.248 e. The van der Waals surface area contributed by atoms with Crippen LogP contribution in [0.3, 0.4) is 0 Å². The number of nitrogens with one attached hydrogen (secondary N) is 1. The number of carbonyl (C=O) groups is 1. The highest BCUT2D eigenvalue weighted by Gasteiger charge is 2.34. The van der Waals surface area contributed by atoms with Crippen molar-refractivity contribution in [2.24, 2.45) is 5.73 Å². The van der Waals surface area contributed by atoms with Gasteiger partial charge in [-0.15, -0.1) is 5.10 Å². The zero-order valence-corrected chi connectivity index (χ0v) is 14.9. The van der Waals surface area contributed by atoms with Crippen LogP contribution in [0.1, 0.15) is 18.7 Å². The van der Waals surface area contributed by atoms with Crippen molar-refractivity contribution in [3.63, 3.8) is 0 Å². The number of fused-ring (bicyclic) bond motifs is 1. The second-order valence-corrected chi connectivity index (χ2v) is 6.09. The molecule has 136 valence electrons. The molecule has 3 aromatic rings. The minimum atomic E-state index is -0.559. The number of ether oxygens (including phenoxy) is 1. The van der Waals surface area contributed by atoms with Crippen LogP contribution in [0.4, 0.5) is 5.95 Å². The largest absolute Gasteiger partial charge is 0.496 e. The molecular weight excluding hydrogens is 344 g/mol. The van der Waals surface area contributed by atoms with E-state index in [1.807, 2.05) is 42.5 Å². The first kappa shape index (κ1) is 16.8. The average Bonchev–Trinajstić information content (AvgIpc) is 3.10. The quantitative estimate of drug-likeness (QED) is 0.736. The van der Waals surface area contributed by atoms with Crippen LogP contribution in [-0.2, 0) is 4.79 Å². The SMILES string of the molecule is COc1ccccc1-c1nc2n(n1)C(c1ccccn1)C(C(N)=O)=C(C)N2. The Labute approximate surface area is 155 Å². The molecule has 4 rings (SSSR count). The highest BCUT2D eigenvalue weighted by Crippen LogP contribution is 2.36. The second-order valence-electron chi connectivity index (χ2n) is 6.09. The van der Waals surface area contributed by atoms with Crippen molar-refractivity contribution in [1.82, 2.24) is 19.7 Å². The predicted molar refractivity (Wildman–Crippen MR) is 99.9 cm³/mol. The van der Waals surface area contributed by atoms with Gasteiger partial charge in [-0.25, -0.2) is 4.68 Å². The summed E-state index contributed by atoms with van der Waals surface area (Å²) >= 11 is 0. The maximum Gasteiger partial charge on any atom is 0.248 e. The third-order valence-electron chi connectivity index (χ3n) is 4.43. The lowest BCUT2D eigenvalue weighted by molar-refractivity contribution is -0.115. The lowest BCUT2D eigenvalue weighted by Gasteiger charge is -2.26. The number of anilines is 1. The standard InChI is InChI=1S/C19H18N6O2/c1-11-15(17(20)26)16(13-8-5-6-10-21-13)25-19(22-11)23-18(24-25)12-7-3-4-9-14(12)27-2/h3-10,16H,1-2H3,(H2,20,26)(H,22,23,24). The van der Waals surface area contributed by atoms with E-state index >= 15 is 0 Å². The minimum absolute atomic E-state index is 0.401. The molecule has 3 N–H and O–H groups in total. The third-order valence-corrected chi connectivity index (χ3v) is 4.43. The first-order valence-corrected chi connectivity index (χ1v) is 8.38. The summed E-state index contributed by atoms with van der Waals surface area (Å²) in [7, 11) is 1.60. The van der Waals surface area contributed by atoms with Gasteiger partial charge in [-0.2, -0.15) is 4.98 Å². The Morgan fingerprint density at radius 3 is 2.70 bits per heavy atom. The van der Waals surface area contributed by atoms with Crippen molar-refractivity contribution in [2.45, 2.75) is 13.0 Å². The zero-order valence-electron chi connectivity index (χ0n) is 14.9. The molecule has 0 bridgehead atoms. The Balaban J connectivity index is 1.90. The molecule has 1 amide bonds. The van der Waals surface area contributed by atoms with Gasteiger partial charge in [0.05, 0.1) is 23.9 Å². The van der Waals surface area contributed by atoms with Gasteiger partial charge in [-0.3, -0.25) is 9.78 Å². The van der Waals surface area contributed by atoms with Crippen molar-refractivity contribution in [3.8, 4) is 17.1 Å². The molecule has 1 aliphatic rings. The van der Waals surface area contributed by atoms with Crippen molar-refractivity contribution in [3.05, 3.63) is 65.6 Å². The van der Waals surface area contributed by atoms with E-state index in [1.165, 1.54) is 0 Å². The van der Waals surface area contributed by atoms with Crippen molar-refractivity contribution in [1.29, 1.82) is 0 Å². The van der Waals surface area contributed by atoms with E-state index in [9.17, 15) is 4.79 Å². The van der Waals surface area contributed by atoms with Crippen LogP contribution in [0.25, 0.3) is 11.4 Å². The number of hydrogen-bond donors (Lipinski definition) is 2. The number of aromatic nitrogens is 4. The lowest BCUT2D eigenvalue weighted by Crippen LogP contribution is -2.32. The Bertz CT molecular complexity index is 1040. The maximum absolute atomic E-state index is 12.2. The van der Waals surface area contributed by atoms with E-state index in [4.69, 9.17) is 10.5 Å². The van der Waals surface area contributed by atoms with Gasteiger partial charge in [-0.05, 0) is 31.2 Å². The molecule has 1 unspecified atom stereocenters. The van der Waals surface area contributed by atoms with Crippen LogP contribution in [0.15, 0.2) is 59.9 Å². The number of nitrogens with zero attached hydrogens (tertiary/aromatic N) is 4. The predicted octanol–water partition coefficient (Wildman–Crippen LogP) is 2.12. The minimum Gasteiger partial charge on any atom is -0.496 e. The molecule has 0 fully saturated rings. The maximum atomic E-state index is 12.2. The summed E-state index contributed by atoms with van der Waals surface area (Å²) in [5.41, 5.74) is 8.10. The summed E-state index contributed by atoms with van der Waals surface area (Å²) in [6.07, 6.45) is 1.67. The molecule has 1 atom stereocenters. The van der Waals surface area contributed by atoms with Crippen molar-refractivity contribution in [2.75, 3.05) is 12.4 Å². The Morgan fingerprint density at radius 1 is 1.22 bits per heavy atom. The molecule has 1 aromatic carbocycles. The number of primary amides is 1. The van der Waals surface area contributed by atoms with Crippen LogP contribution in [0.5, 0.6) is 5.75 Å². The molecule has 0 aliphatic carbocycles. The van der Waals surface area contributed by atoms with E-state index in [1.54, 1.807) is 24.9 Å². The Kier molecular flexibility index (Phi) is 4.08. The summed E-state index contributed by atoms with van der Waals surface area (Å²) in [5.74, 6) is 1.12.